The molecule has 3 aromatic carbocycles. The standard InChI is InChI=1S/C30H35O2P/c1-17-14-18(2)25(19(3)15-17)27(31)26-23(30(7,8)9)13-12-22-21-11-10-20(29(4,5)6)16-24(21)33(32)28(22)26/h10-16,33H,1-9H3. The Hall–Kier alpha value is -2.44. The Morgan fingerprint density at radius 2 is 1.30 bits per heavy atom. The Labute approximate surface area is 199 Å². The molecule has 1 unspecified atom stereocenters. The number of carbonyl (C=O) groups is 1. The zero-order valence-corrected chi connectivity index (χ0v) is 22.4. The molecule has 0 saturated carbocycles. The Morgan fingerprint density at radius 1 is 0.727 bits per heavy atom. The van der Waals surface area contributed by atoms with E-state index < -0.39 is 7.80 Å². The largest absolute Gasteiger partial charge is 0.317 e. The lowest BCUT2D eigenvalue weighted by molar-refractivity contribution is 0.103. The van der Waals surface area contributed by atoms with Crippen molar-refractivity contribution in [2.24, 2.45) is 0 Å². The molecule has 0 bridgehead atoms. The van der Waals surface area contributed by atoms with Gasteiger partial charge in [-0.25, -0.2) is 0 Å². The van der Waals surface area contributed by atoms with Crippen molar-refractivity contribution < 1.29 is 9.36 Å². The predicted octanol–water partition coefficient (Wildman–Crippen LogP) is 6.93. The van der Waals surface area contributed by atoms with Crippen LogP contribution >= 0.6 is 7.80 Å². The second kappa shape index (κ2) is 7.81. The van der Waals surface area contributed by atoms with Gasteiger partial charge in [-0.2, -0.15) is 0 Å². The van der Waals surface area contributed by atoms with E-state index >= 15 is 0 Å². The van der Waals surface area contributed by atoms with Crippen molar-refractivity contribution in [3.05, 3.63) is 81.4 Å². The molecule has 3 aromatic rings. The van der Waals surface area contributed by atoms with Gasteiger partial charge < -0.3 is 4.57 Å². The van der Waals surface area contributed by atoms with Crippen LogP contribution in [0.25, 0.3) is 11.1 Å². The third-order valence-electron chi connectivity index (χ3n) is 6.79. The second-order valence-corrected chi connectivity index (χ2v) is 13.3. The monoisotopic (exact) mass is 458 g/mol. The van der Waals surface area contributed by atoms with Crippen LogP contribution < -0.4 is 10.6 Å². The first-order chi connectivity index (χ1) is 15.2. The molecule has 0 radical (unpaired) electrons. The summed E-state index contributed by atoms with van der Waals surface area (Å²) in [6.45, 7) is 18.9. The first kappa shape index (κ1) is 23.7. The van der Waals surface area contributed by atoms with E-state index in [1.54, 1.807) is 0 Å². The number of ketones is 1. The molecule has 0 aromatic heterocycles. The fraction of sp³-hybridized carbons (Fsp3) is 0.367. The molecule has 0 saturated heterocycles. The van der Waals surface area contributed by atoms with Gasteiger partial charge in [-0.05, 0) is 71.0 Å². The van der Waals surface area contributed by atoms with Crippen molar-refractivity contribution >= 4 is 24.2 Å². The molecule has 3 heteroatoms. The van der Waals surface area contributed by atoms with Crippen molar-refractivity contribution in [1.29, 1.82) is 0 Å². The minimum absolute atomic E-state index is 0.00558. The fourth-order valence-corrected chi connectivity index (χ4v) is 7.11. The summed E-state index contributed by atoms with van der Waals surface area (Å²) in [5, 5.41) is 1.64. The lowest BCUT2D eigenvalue weighted by Crippen LogP contribution is -2.25. The minimum Gasteiger partial charge on any atom is -0.317 e. The van der Waals surface area contributed by atoms with Crippen LogP contribution in [0.15, 0.2) is 42.5 Å². The topological polar surface area (TPSA) is 34.1 Å². The molecule has 172 valence electrons. The van der Waals surface area contributed by atoms with Crippen molar-refractivity contribution in [2.75, 3.05) is 0 Å². The Morgan fingerprint density at radius 3 is 1.85 bits per heavy atom. The van der Waals surface area contributed by atoms with E-state index in [1.807, 2.05) is 13.8 Å². The number of benzene rings is 3. The second-order valence-electron chi connectivity index (χ2n) is 11.6. The van der Waals surface area contributed by atoms with Crippen LogP contribution in [0.3, 0.4) is 0 Å². The van der Waals surface area contributed by atoms with E-state index in [9.17, 15) is 9.36 Å². The van der Waals surface area contributed by atoms with Gasteiger partial charge >= 0.3 is 0 Å². The van der Waals surface area contributed by atoms with Crippen LogP contribution in [-0.2, 0) is 15.4 Å². The summed E-state index contributed by atoms with van der Waals surface area (Å²) < 4.78 is 14.1. The summed E-state index contributed by atoms with van der Waals surface area (Å²) >= 11 is 0. The maximum absolute atomic E-state index is 14.2. The van der Waals surface area contributed by atoms with Crippen molar-refractivity contribution in [3.63, 3.8) is 0 Å². The lowest BCUT2D eigenvalue weighted by atomic mass is 9.79. The third kappa shape index (κ3) is 3.93. The first-order valence-corrected chi connectivity index (χ1v) is 13.1. The molecule has 0 amide bonds. The van der Waals surface area contributed by atoms with Crippen LogP contribution in [0.4, 0.5) is 0 Å². The third-order valence-corrected chi connectivity index (χ3v) is 8.67. The summed E-state index contributed by atoms with van der Waals surface area (Å²) in [4.78, 5) is 14.2. The molecule has 33 heavy (non-hydrogen) atoms. The molecule has 0 N–H and O–H groups in total. The lowest BCUT2D eigenvalue weighted by Gasteiger charge is -2.25. The summed E-state index contributed by atoms with van der Waals surface area (Å²) in [5.41, 5.74) is 8.29. The molecular formula is C30H35O2P. The summed E-state index contributed by atoms with van der Waals surface area (Å²) in [5.74, 6) is -0.00558. The predicted molar refractivity (Wildman–Crippen MR) is 142 cm³/mol. The smallest absolute Gasteiger partial charge is 0.194 e. The summed E-state index contributed by atoms with van der Waals surface area (Å²) in [6.07, 6.45) is 0. The molecule has 1 aliphatic heterocycles. The van der Waals surface area contributed by atoms with Gasteiger partial charge in [0.1, 0.15) is 7.80 Å². The highest BCUT2D eigenvalue weighted by atomic mass is 31.1. The number of hydrogen-bond donors (Lipinski definition) is 0. The number of rotatable bonds is 2. The highest BCUT2D eigenvalue weighted by Crippen LogP contribution is 2.43. The van der Waals surface area contributed by atoms with Gasteiger partial charge in [0.2, 0.25) is 0 Å². The maximum atomic E-state index is 14.2. The molecule has 1 heterocycles. The van der Waals surface area contributed by atoms with Crippen molar-refractivity contribution in [1.82, 2.24) is 0 Å². The number of hydrogen-bond acceptors (Lipinski definition) is 2. The highest BCUT2D eigenvalue weighted by molar-refractivity contribution is 7.63. The zero-order chi connectivity index (χ0) is 24.5. The Bertz CT molecular complexity index is 1310. The SMILES string of the molecule is Cc1cc(C)c(C(=O)c2c(C(C)(C)C)ccc3c2[PH](=O)c2cc(C(C)(C)C)ccc2-3)c(C)c1. The van der Waals surface area contributed by atoms with E-state index in [2.05, 4.69) is 90.9 Å². The van der Waals surface area contributed by atoms with E-state index in [1.165, 1.54) is 5.56 Å². The van der Waals surface area contributed by atoms with Gasteiger partial charge in [-0.3, -0.25) is 4.79 Å². The van der Waals surface area contributed by atoms with Crippen molar-refractivity contribution in [2.45, 2.75) is 73.1 Å². The quantitative estimate of drug-likeness (QED) is 0.241. The highest BCUT2D eigenvalue weighted by Gasteiger charge is 2.36. The minimum atomic E-state index is -2.32. The maximum Gasteiger partial charge on any atom is 0.194 e. The van der Waals surface area contributed by atoms with Gasteiger partial charge in [0.25, 0.3) is 0 Å². The average Bonchev–Trinajstić information content (AvgIpc) is 2.97. The number of carbonyl (C=O) groups excluding carboxylic acids is 1. The molecular weight excluding hydrogens is 423 g/mol. The Balaban J connectivity index is 2.02. The van der Waals surface area contributed by atoms with E-state index in [4.69, 9.17) is 0 Å². The molecule has 0 fully saturated rings. The van der Waals surface area contributed by atoms with Gasteiger partial charge in [-0.1, -0.05) is 83.5 Å². The van der Waals surface area contributed by atoms with Crippen molar-refractivity contribution in [3.8, 4) is 11.1 Å². The average molecular weight is 459 g/mol. The normalized spacial score (nSPS) is 15.4. The molecule has 0 spiro atoms. The molecule has 1 atom stereocenters. The van der Waals surface area contributed by atoms with Gasteiger partial charge in [0.15, 0.2) is 5.78 Å². The Kier molecular flexibility index (Phi) is 5.61. The number of fused-ring (bicyclic) bond motifs is 3. The van der Waals surface area contributed by atoms with E-state index in [-0.39, 0.29) is 16.6 Å². The fourth-order valence-electron chi connectivity index (χ4n) is 5.16. The molecule has 4 rings (SSSR count). The van der Waals surface area contributed by atoms with Crippen LogP contribution in [0.5, 0.6) is 0 Å². The van der Waals surface area contributed by atoms with Crippen LogP contribution in [0.1, 0.15) is 85.3 Å². The summed E-state index contributed by atoms with van der Waals surface area (Å²) in [6, 6.07) is 14.6. The van der Waals surface area contributed by atoms with E-state index in [0.717, 1.165) is 49.6 Å². The van der Waals surface area contributed by atoms with Crippen LogP contribution in [-0.4, -0.2) is 5.78 Å². The van der Waals surface area contributed by atoms with Gasteiger partial charge in [-0.15, -0.1) is 0 Å². The molecule has 2 nitrogen and oxygen atoms in total. The van der Waals surface area contributed by atoms with E-state index in [0.29, 0.717) is 5.56 Å². The molecule has 1 aliphatic rings. The number of aryl methyl sites for hydroxylation is 3. The zero-order valence-electron chi connectivity index (χ0n) is 21.4. The van der Waals surface area contributed by atoms with Gasteiger partial charge in [0, 0.05) is 21.7 Å². The van der Waals surface area contributed by atoms with Crippen LogP contribution in [0, 0.1) is 20.8 Å². The first-order valence-electron chi connectivity index (χ1n) is 11.7. The molecule has 0 aliphatic carbocycles. The summed E-state index contributed by atoms with van der Waals surface area (Å²) in [7, 11) is -2.32. The van der Waals surface area contributed by atoms with Gasteiger partial charge in [0.05, 0.1) is 0 Å². The van der Waals surface area contributed by atoms with Crippen LogP contribution in [0.2, 0.25) is 0 Å².